The van der Waals surface area contributed by atoms with E-state index in [1.165, 1.54) is 0 Å². The first-order valence-electron chi connectivity index (χ1n) is 8.59. The lowest BCUT2D eigenvalue weighted by Crippen LogP contribution is -2.03. The first kappa shape index (κ1) is 17.2. The van der Waals surface area contributed by atoms with Gasteiger partial charge in [-0.15, -0.1) is 0 Å². The van der Waals surface area contributed by atoms with Crippen molar-refractivity contribution in [3.63, 3.8) is 0 Å². The molecule has 0 aliphatic carbocycles. The molecule has 0 fully saturated rings. The fraction of sp³-hybridized carbons (Fsp3) is 0.0455. The van der Waals surface area contributed by atoms with E-state index < -0.39 is 0 Å². The molecular formula is C22H17ClN4. The second kappa shape index (κ2) is 7.56. The molecule has 0 unspecified atom stereocenters. The predicted molar refractivity (Wildman–Crippen MR) is 112 cm³/mol. The van der Waals surface area contributed by atoms with E-state index in [1.807, 2.05) is 85.8 Å². The van der Waals surface area contributed by atoms with Crippen LogP contribution in [0.2, 0.25) is 5.02 Å². The topological polar surface area (TPSA) is 50.2 Å². The lowest BCUT2D eigenvalue weighted by atomic mass is 10.1. The Morgan fingerprint density at radius 3 is 2.33 bits per heavy atom. The Morgan fingerprint density at radius 1 is 0.852 bits per heavy atom. The molecule has 4 aromatic rings. The van der Waals surface area contributed by atoms with Gasteiger partial charge in [0.15, 0.2) is 11.6 Å². The Bertz CT molecular complexity index is 1110. The molecule has 0 saturated carbocycles. The van der Waals surface area contributed by atoms with Crippen LogP contribution in [0, 0.1) is 0 Å². The highest BCUT2D eigenvalue weighted by Gasteiger charge is 2.09. The summed E-state index contributed by atoms with van der Waals surface area (Å²) in [5, 5.41) is 6.12. The number of hydrogen-bond donors (Lipinski definition) is 1. The first-order valence-corrected chi connectivity index (χ1v) is 8.97. The zero-order chi connectivity index (χ0) is 18.6. The lowest BCUT2D eigenvalue weighted by Gasteiger charge is -2.09. The molecule has 0 radical (unpaired) electrons. The summed E-state index contributed by atoms with van der Waals surface area (Å²) in [6, 6.07) is 25.4. The van der Waals surface area contributed by atoms with Crippen LogP contribution in [0.25, 0.3) is 22.3 Å². The quantitative estimate of drug-likeness (QED) is 0.364. The summed E-state index contributed by atoms with van der Waals surface area (Å²) >= 11 is 6.00. The van der Waals surface area contributed by atoms with Crippen LogP contribution in [0.3, 0.4) is 0 Å². The number of hydrazone groups is 1. The molecule has 0 saturated heterocycles. The van der Waals surface area contributed by atoms with Gasteiger partial charge >= 0.3 is 0 Å². The van der Waals surface area contributed by atoms with Crippen molar-refractivity contribution in [2.75, 3.05) is 5.43 Å². The summed E-state index contributed by atoms with van der Waals surface area (Å²) in [5.74, 6) is 1.29. The number of hydrogen-bond acceptors (Lipinski definition) is 4. The smallest absolute Gasteiger partial charge is 0.162 e. The Balaban J connectivity index is 1.76. The summed E-state index contributed by atoms with van der Waals surface area (Å²) in [6.45, 7) is 1.96. The fourth-order valence-corrected chi connectivity index (χ4v) is 2.90. The lowest BCUT2D eigenvalue weighted by molar-refractivity contribution is 1.18. The maximum absolute atomic E-state index is 6.00. The van der Waals surface area contributed by atoms with Crippen LogP contribution in [0.4, 0.5) is 5.82 Å². The van der Waals surface area contributed by atoms with E-state index in [1.54, 1.807) is 0 Å². The highest BCUT2D eigenvalue weighted by molar-refractivity contribution is 6.30. The number of nitrogens with zero attached hydrogens (tertiary/aromatic N) is 3. The van der Waals surface area contributed by atoms with Gasteiger partial charge in [0.05, 0.1) is 11.2 Å². The normalized spacial score (nSPS) is 11.6. The Morgan fingerprint density at radius 2 is 1.56 bits per heavy atom. The van der Waals surface area contributed by atoms with Crippen molar-refractivity contribution in [3.05, 3.63) is 89.4 Å². The van der Waals surface area contributed by atoms with E-state index in [-0.39, 0.29) is 0 Å². The van der Waals surface area contributed by atoms with Gasteiger partial charge in [0, 0.05) is 16.0 Å². The molecule has 1 N–H and O–H groups in total. The SMILES string of the molecule is C/C(=N\Nc1nc(-c2ccc(Cl)cc2)nc2ccccc12)c1ccccc1. The molecule has 1 aromatic heterocycles. The highest BCUT2D eigenvalue weighted by Crippen LogP contribution is 2.25. The van der Waals surface area contributed by atoms with E-state index in [0.717, 1.165) is 27.7 Å². The third kappa shape index (κ3) is 3.81. The molecule has 4 rings (SSSR count). The zero-order valence-electron chi connectivity index (χ0n) is 14.7. The van der Waals surface area contributed by atoms with Gasteiger partial charge < -0.3 is 0 Å². The second-order valence-corrected chi connectivity index (χ2v) is 6.53. The standard InChI is InChI=1S/C22H17ClN4/c1-15(16-7-3-2-4-8-16)26-27-22-19-9-5-6-10-20(19)24-21(25-22)17-11-13-18(23)14-12-17/h2-14H,1H3,(H,24,25,27)/b26-15+. The number of aromatic nitrogens is 2. The summed E-state index contributed by atoms with van der Waals surface area (Å²) < 4.78 is 0. The minimum Gasteiger partial charge on any atom is -0.260 e. The maximum atomic E-state index is 6.00. The van der Waals surface area contributed by atoms with Crippen molar-refractivity contribution in [2.24, 2.45) is 5.10 Å². The van der Waals surface area contributed by atoms with Crippen molar-refractivity contribution in [1.29, 1.82) is 0 Å². The first-order chi connectivity index (χ1) is 13.2. The van der Waals surface area contributed by atoms with E-state index in [2.05, 4.69) is 15.5 Å². The minimum atomic E-state index is 0.625. The van der Waals surface area contributed by atoms with E-state index in [9.17, 15) is 0 Å². The fourth-order valence-electron chi connectivity index (χ4n) is 2.77. The average Bonchev–Trinajstić information content (AvgIpc) is 2.72. The molecule has 0 bridgehead atoms. The number of anilines is 1. The van der Waals surface area contributed by atoms with Gasteiger partial charge in [-0.2, -0.15) is 5.10 Å². The van der Waals surface area contributed by atoms with Gasteiger partial charge in [-0.05, 0) is 48.9 Å². The molecule has 132 valence electrons. The van der Waals surface area contributed by atoms with Crippen LogP contribution in [0.15, 0.2) is 84.0 Å². The maximum Gasteiger partial charge on any atom is 0.162 e. The van der Waals surface area contributed by atoms with Crippen LogP contribution in [-0.4, -0.2) is 15.7 Å². The molecule has 0 aliphatic rings. The number of para-hydroxylation sites is 1. The molecule has 1 heterocycles. The van der Waals surface area contributed by atoms with Gasteiger partial charge in [0.25, 0.3) is 0 Å². The van der Waals surface area contributed by atoms with E-state index in [4.69, 9.17) is 16.6 Å². The second-order valence-electron chi connectivity index (χ2n) is 6.09. The summed E-state index contributed by atoms with van der Waals surface area (Å²) in [7, 11) is 0. The molecule has 0 spiro atoms. The molecule has 4 nitrogen and oxygen atoms in total. The molecule has 0 atom stereocenters. The number of nitrogens with one attached hydrogen (secondary N) is 1. The van der Waals surface area contributed by atoms with Gasteiger partial charge in [0.1, 0.15) is 0 Å². The molecule has 3 aromatic carbocycles. The molecular weight excluding hydrogens is 356 g/mol. The van der Waals surface area contributed by atoms with E-state index >= 15 is 0 Å². The van der Waals surface area contributed by atoms with Gasteiger partial charge in [-0.1, -0.05) is 54.1 Å². The third-order valence-corrected chi connectivity index (χ3v) is 4.48. The number of benzene rings is 3. The number of halogens is 1. The average molecular weight is 373 g/mol. The van der Waals surface area contributed by atoms with Crippen molar-refractivity contribution in [2.45, 2.75) is 6.92 Å². The third-order valence-electron chi connectivity index (χ3n) is 4.23. The zero-order valence-corrected chi connectivity index (χ0v) is 15.5. The number of fused-ring (bicyclic) bond motifs is 1. The summed E-state index contributed by atoms with van der Waals surface area (Å²) in [5.41, 5.74) is 6.81. The van der Waals surface area contributed by atoms with Crippen LogP contribution in [0.1, 0.15) is 12.5 Å². The summed E-state index contributed by atoms with van der Waals surface area (Å²) in [6.07, 6.45) is 0. The van der Waals surface area contributed by atoms with Crippen LogP contribution in [-0.2, 0) is 0 Å². The van der Waals surface area contributed by atoms with Crippen molar-refractivity contribution < 1.29 is 0 Å². The Hall–Kier alpha value is -3.24. The largest absolute Gasteiger partial charge is 0.260 e. The Kier molecular flexibility index (Phi) is 4.81. The van der Waals surface area contributed by atoms with Crippen LogP contribution in [0.5, 0.6) is 0 Å². The van der Waals surface area contributed by atoms with Crippen molar-refractivity contribution in [3.8, 4) is 11.4 Å². The highest BCUT2D eigenvalue weighted by atomic mass is 35.5. The number of rotatable bonds is 4. The monoisotopic (exact) mass is 372 g/mol. The van der Waals surface area contributed by atoms with E-state index in [0.29, 0.717) is 16.7 Å². The minimum absolute atomic E-state index is 0.625. The Labute approximate surface area is 162 Å². The van der Waals surface area contributed by atoms with Gasteiger partial charge in [0.2, 0.25) is 0 Å². The predicted octanol–water partition coefficient (Wildman–Crippen LogP) is 5.79. The molecule has 0 amide bonds. The van der Waals surface area contributed by atoms with Crippen LogP contribution < -0.4 is 5.43 Å². The van der Waals surface area contributed by atoms with Gasteiger partial charge in [-0.25, -0.2) is 9.97 Å². The van der Waals surface area contributed by atoms with Crippen molar-refractivity contribution in [1.82, 2.24) is 9.97 Å². The molecule has 27 heavy (non-hydrogen) atoms. The van der Waals surface area contributed by atoms with Gasteiger partial charge in [-0.3, -0.25) is 5.43 Å². The van der Waals surface area contributed by atoms with Crippen molar-refractivity contribution >= 4 is 34.0 Å². The van der Waals surface area contributed by atoms with Crippen LogP contribution >= 0.6 is 11.6 Å². The summed E-state index contributed by atoms with van der Waals surface area (Å²) in [4.78, 5) is 9.37. The molecule has 5 heteroatoms. The molecule has 0 aliphatic heterocycles.